The van der Waals surface area contributed by atoms with Crippen molar-refractivity contribution < 1.29 is 0 Å². The van der Waals surface area contributed by atoms with E-state index < -0.39 is 0 Å². The number of thiophene rings is 1. The van der Waals surface area contributed by atoms with Crippen molar-refractivity contribution in [1.82, 2.24) is 4.90 Å². The third-order valence-corrected chi connectivity index (χ3v) is 4.41. The molecule has 16 heavy (non-hydrogen) atoms. The molecule has 1 aliphatic heterocycles. The minimum Gasteiger partial charge on any atom is -0.298 e. The van der Waals surface area contributed by atoms with Crippen molar-refractivity contribution in [1.29, 1.82) is 0 Å². The number of benzene rings is 1. The predicted molar refractivity (Wildman–Crippen MR) is 71.0 cm³/mol. The molecule has 1 fully saturated rings. The molecule has 2 aromatic rings. The zero-order valence-electron chi connectivity index (χ0n) is 9.48. The number of nitrogens with zero attached hydrogens (tertiary/aromatic N) is 1. The summed E-state index contributed by atoms with van der Waals surface area (Å²) in [5, 5.41) is 5.15. The fourth-order valence-electron chi connectivity index (χ4n) is 2.49. The maximum atomic E-state index is 2.60. The molecule has 0 atom stereocenters. The number of fused-ring (bicyclic) bond motifs is 1. The molecule has 0 spiro atoms. The summed E-state index contributed by atoms with van der Waals surface area (Å²) in [6.07, 6.45) is 4.17. The Labute approximate surface area is 101 Å². The van der Waals surface area contributed by atoms with Crippen LogP contribution in [-0.4, -0.2) is 18.0 Å². The molecule has 2 heterocycles. The number of likely N-dealkylation sites (tertiary alicyclic amines) is 1. The molecule has 3 rings (SSSR count). The molecule has 1 saturated heterocycles. The molecule has 0 unspecified atom stereocenters. The molecule has 0 saturated carbocycles. The molecule has 0 amide bonds. The fourth-order valence-corrected chi connectivity index (χ4v) is 3.54. The first kappa shape index (κ1) is 10.3. The van der Waals surface area contributed by atoms with Crippen LogP contribution in [0.3, 0.4) is 0 Å². The van der Waals surface area contributed by atoms with E-state index in [1.165, 1.54) is 48.0 Å². The zero-order chi connectivity index (χ0) is 10.8. The molecule has 2 heteroatoms. The van der Waals surface area contributed by atoms with Crippen LogP contribution in [0.25, 0.3) is 10.8 Å². The van der Waals surface area contributed by atoms with E-state index in [0.29, 0.717) is 0 Å². The van der Waals surface area contributed by atoms with Gasteiger partial charge in [-0.15, -0.1) is 11.3 Å². The van der Waals surface area contributed by atoms with Gasteiger partial charge >= 0.3 is 0 Å². The summed E-state index contributed by atoms with van der Waals surface area (Å²) in [4.78, 5) is 4.14. The molecule has 1 nitrogen and oxygen atoms in total. The van der Waals surface area contributed by atoms with Gasteiger partial charge in [0.1, 0.15) is 0 Å². The van der Waals surface area contributed by atoms with Gasteiger partial charge < -0.3 is 0 Å². The molecule has 0 N–H and O–H groups in total. The maximum absolute atomic E-state index is 2.60. The third kappa shape index (κ3) is 2.00. The lowest BCUT2D eigenvalue weighted by Gasteiger charge is -2.25. The Kier molecular flexibility index (Phi) is 2.94. The Morgan fingerprint density at radius 3 is 2.75 bits per heavy atom. The van der Waals surface area contributed by atoms with Gasteiger partial charge in [-0.25, -0.2) is 0 Å². The van der Waals surface area contributed by atoms with Crippen molar-refractivity contribution in [3.05, 3.63) is 34.5 Å². The van der Waals surface area contributed by atoms with Gasteiger partial charge in [-0.3, -0.25) is 4.90 Å². The highest BCUT2D eigenvalue weighted by atomic mass is 32.1. The van der Waals surface area contributed by atoms with Crippen LogP contribution >= 0.6 is 11.3 Å². The molecule has 0 radical (unpaired) electrons. The lowest BCUT2D eigenvalue weighted by atomic mass is 10.1. The fraction of sp³-hybridized carbons (Fsp3) is 0.429. The van der Waals surface area contributed by atoms with Gasteiger partial charge in [-0.2, -0.15) is 0 Å². The van der Waals surface area contributed by atoms with Crippen LogP contribution in [0.5, 0.6) is 0 Å². The summed E-state index contributed by atoms with van der Waals surface area (Å²) in [7, 11) is 0. The number of rotatable bonds is 2. The summed E-state index contributed by atoms with van der Waals surface area (Å²) >= 11 is 1.91. The van der Waals surface area contributed by atoms with Gasteiger partial charge in [0.25, 0.3) is 0 Å². The molecular formula is C14H17NS. The van der Waals surface area contributed by atoms with E-state index in [1.54, 1.807) is 0 Å². The van der Waals surface area contributed by atoms with Gasteiger partial charge in [0.15, 0.2) is 0 Å². The highest BCUT2D eigenvalue weighted by Gasteiger charge is 2.12. The highest BCUT2D eigenvalue weighted by Crippen LogP contribution is 2.27. The summed E-state index contributed by atoms with van der Waals surface area (Å²) in [6, 6.07) is 8.74. The normalized spacial score (nSPS) is 18.0. The first-order chi connectivity index (χ1) is 7.93. The van der Waals surface area contributed by atoms with E-state index in [9.17, 15) is 0 Å². The Morgan fingerprint density at radius 2 is 1.88 bits per heavy atom. The van der Waals surface area contributed by atoms with Gasteiger partial charge in [0, 0.05) is 11.4 Å². The largest absolute Gasteiger partial charge is 0.298 e. The van der Waals surface area contributed by atoms with Crippen LogP contribution < -0.4 is 0 Å². The summed E-state index contributed by atoms with van der Waals surface area (Å²) in [5.74, 6) is 0. The summed E-state index contributed by atoms with van der Waals surface area (Å²) < 4.78 is 0. The Hall–Kier alpha value is -0.860. The molecule has 84 valence electrons. The van der Waals surface area contributed by atoms with Crippen molar-refractivity contribution >= 4 is 22.1 Å². The van der Waals surface area contributed by atoms with E-state index in [0.717, 1.165) is 6.54 Å². The van der Waals surface area contributed by atoms with E-state index in [4.69, 9.17) is 0 Å². The minimum absolute atomic E-state index is 1.15. The molecule has 0 aliphatic carbocycles. The maximum Gasteiger partial charge on any atom is 0.0334 e. The summed E-state index contributed by atoms with van der Waals surface area (Å²) in [6.45, 7) is 3.72. The van der Waals surface area contributed by atoms with Crippen molar-refractivity contribution in [3.8, 4) is 0 Å². The molecule has 1 aromatic carbocycles. The van der Waals surface area contributed by atoms with E-state index >= 15 is 0 Å². The zero-order valence-corrected chi connectivity index (χ0v) is 10.3. The van der Waals surface area contributed by atoms with Crippen LogP contribution in [-0.2, 0) is 6.54 Å². The molecular weight excluding hydrogens is 214 g/mol. The molecule has 1 aromatic heterocycles. The lowest BCUT2D eigenvalue weighted by Crippen LogP contribution is -2.28. The second kappa shape index (κ2) is 4.56. The second-order valence-electron chi connectivity index (χ2n) is 4.58. The van der Waals surface area contributed by atoms with Crippen molar-refractivity contribution in [3.63, 3.8) is 0 Å². The van der Waals surface area contributed by atoms with Crippen molar-refractivity contribution in [2.24, 2.45) is 0 Å². The quantitative estimate of drug-likeness (QED) is 0.758. The Bertz CT molecular complexity index is 468. The predicted octanol–water partition coefficient (Wildman–Crippen LogP) is 3.89. The van der Waals surface area contributed by atoms with Crippen LogP contribution in [0.2, 0.25) is 0 Å². The average molecular weight is 231 g/mol. The molecule has 0 bridgehead atoms. The minimum atomic E-state index is 1.15. The van der Waals surface area contributed by atoms with Gasteiger partial charge in [0.05, 0.1) is 0 Å². The molecule has 1 aliphatic rings. The van der Waals surface area contributed by atoms with Crippen LogP contribution in [0.1, 0.15) is 24.1 Å². The van der Waals surface area contributed by atoms with E-state index in [2.05, 4.69) is 34.5 Å². The van der Waals surface area contributed by atoms with E-state index in [-0.39, 0.29) is 0 Å². The average Bonchev–Trinajstić information content (AvgIpc) is 2.74. The monoisotopic (exact) mass is 231 g/mol. The summed E-state index contributed by atoms with van der Waals surface area (Å²) in [5.41, 5.74) is 0. The van der Waals surface area contributed by atoms with Crippen molar-refractivity contribution in [2.45, 2.75) is 25.8 Å². The van der Waals surface area contributed by atoms with E-state index in [1.807, 2.05) is 11.3 Å². The van der Waals surface area contributed by atoms with Crippen LogP contribution in [0, 0.1) is 0 Å². The Morgan fingerprint density at radius 1 is 1.06 bits per heavy atom. The number of hydrogen-bond donors (Lipinski definition) is 0. The second-order valence-corrected chi connectivity index (χ2v) is 5.55. The van der Waals surface area contributed by atoms with Crippen LogP contribution in [0.4, 0.5) is 0 Å². The number of piperidine rings is 1. The standard InChI is InChI=1S/C14H17NS/c1-4-8-15(9-5-1)10-14-13-7-3-2-6-12(13)11-16-14/h2-3,6-7,11H,1,4-5,8-10H2. The SMILES string of the molecule is c1ccc2c(CN3CCCCC3)scc2c1. The van der Waals surface area contributed by atoms with Gasteiger partial charge in [-0.1, -0.05) is 30.7 Å². The highest BCUT2D eigenvalue weighted by molar-refractivity contribution is 7.11. The topological polar surface area (TPSA) is 3.24 Å². The first-order valence-corrected chi connectivity index (χ1v) is 6.99. The van der Waals surface area contributed by atoms with Crippen LogP contribution in [0.15, 0.2) is 29.6 Å². The van der Waals surface area contributed by atoms with Crippen molar-refractivity contribution in [2.75, 3.05) is 13.1 Å². The van der Waals surface area contributed by atoms with Gasteiger partial charge in [0.2, 0.25) is 0 Å². The smallest absolute Gasteiger partial charge is 0.0334 e. The first-order valence-electron chi connectivity index (χ1n) is 6.11. The lowest BCUT2D eigenvalue weighted by molar-refractivity contribution is 0.223. The van der Waals surface area contributed by atoms with Gasteiger partial charge in [-0.05, 0) is 42.1 Å². The Balaban J connectivity index is 1.83. The number of hydrogen-bond acceptors (Lipinski definition) is 2. The third-order valence-electron chi connectivity index (χ3n) is 3.41.